The van der Waals surface area contributed by atoms with Crippen LogP contribution in [0.2, 0.25) is 0 Å². The van der Waals surface area contributed by atoms with Crippen LogP contribution in [0.3, 0.4) is 0 Å². The van der Waals surface area contributed by atoms with E-state index >= 15 is 0 Å². The van der Waals surface area contributed by atoms with Gasteiger partial charge in [0, 0.05) is 19.3 Å². The molecule has 1 amide bonds. The minimum absolute atomic E-state index is 0.130. The summed E-state index contributed by atoms with van der Waals surface area (Å²) < 4.78 is 1.90. The third-order valence-electron chi connectivity index (χ3n) is 5.56. The van der Waals surface area contributed by atoms with Crippen LogP contribution in [-0.4, -0.2) is 33.4 Å². The highest BCUT2D eigenvalue weighted by Crippen LogP contribution is 2.30. The van der Waals surface area contributed by atoms with Crippen LogP contribution in [0, 0.1) is 0 Å². The van der Waals surface area contributed by atoms with Crippen molar-refractivity contribution >= 4 is 12.0 Å². The number of benzene rings is 2. The molecule has 28 heavy (non-hydrogen) atoms. The lowest BCUT2D eigenvalue weighted by molar-refractivity contribution is -0.134. The molecule has 0 bridgehead atoms. The molecule has 4 heteroatoms. The molecule has 4 rings (SSSR count). The van der Waals surface area contributed by atoms with Gasteiger partial charge >= 0.3 is 0 Å². The summed E-state index contributed by atoms with van der Waals surface area (Å²) in [5, 5.41) is 0. The number of imidazole rings is 1. The summed E-state index contributed by atoms with van der Waals surface area (Å²) in [6, 6.07) is 20.2. The molecule has 1 unspecified atom stereocenters. The molecule has 0 radical (unpaired) electrons. The van der Waals surface area contributed by atoms with Gasteiger partial charge in [0.05, 0.1) is 12.0 Å². The molecule has 1 aromatic heterocycles. The highest BCUT2D eigenvalue weighted by Gasteiger charge is 2.30. The van der Waals surface area contributed by atoms with Crippen LogP contribution in [0.4, 0.5) is 0 Å². The Labute approximate surface area is 166 Å². The second-order valence-corrected chi connectivity index (χ2v) is 7.27. The Bertz CT molecular complexity index is 925. The molecule has 1 aliphatic heterocycles. The number of likely N-dealkylation sites (tertiary alicyclic amines) is 1. The van der Waals surface area contributed by atoms with Crippen LogP contribution in [0.5, 0.6) is 0 Å². The van der Waals surface area contributed by atoms with E-state index in [1.54, 1.807) is 12.4 Å². The molecular formula is C24H25N3O. The van der Waals surface area contributed by atoms with Gasteiger partial charge < -0.3 is 9.47 Å². The summed E-state index contributed by atoms with van der Waals surface area (Å²) in [7, 11) is 0. The van der Waals surface area contributed by atoms with E-state index in [9.17, 15) is 4.79 Å². The quantitative estimate of drug-likeness (QED) is 0.661. The Balaban J connectivity index is 1.54. The van der Waals surface area contributed by atoms with Crippen molar-refractivity contribution in [1.29, 1.82) is 0 Å². The number of amides is 1. The Morgan fingerprint density at radius 1 is 1.04 bits per heavy atom. The molecule has 0 N–H and O–H groups in total. The van der Waals surface area contributed by atoms with E-state index in [2.05, 4.69) is 41.9 Å². The topological polar surface area (TPSA) is 38.1 Å². The van der Waals surface area contributed by atoms with Gasteiger partial charge in [-0.3, -0.25) is 4.79 Å². The lowest BCUT2D eigenvalue weighted by Gasteiger charge is -2.35. The average molecular weight is 371 g/mol. The summed E-state index contributed by atoms with van der Waals surface area (Å²) >= 11 is 0. The van der Waals surface area contributed by atoms with Gasteiger partial charge in [0.25, 0.3) is 0 Å². The number of nitrogens with zero attached hydrogens (tertiary/aromatic N) is 3. The first-order chi connectivity index (χ1) is 13.8. The van der Waals surface area contributed by atoms with Gasteiger partial charge in [0.2, 0.25) is 5.91 Å². The number of piperidine rings is 1. The fourth-order valence-electron chi connectivity index (χ4n) is 4.01. The Kier molecular flexibility index (Phi) is 5.38. The van der Waals surface area contributed by atoms with E-state index in [1.165, 1.54) is 5.56 Å². The van der Waals surface area contributed by atoms with Gasteiger partial charge in [-0.25, -0.2) is 4.98 Å². The third-order valence-corrected chi connectivity index (χ3v) is 5.56. The lowest BCUT2D eigenvalue weighted by atomic mass is 9.89. The van der Waals surface area contributed by atoms with Crippen molar-refractivity contribution in [2.45, 2.75) is 24.8 Å². The Hall–Kier alpha value is -3.14. The van der Waals surface area contributed by atoms with E-state index in [0.29, 0.717) is 5.92 Å². The molecule has 3 aromatic rings. The molecular weight excluding hydrogens is 346 g/mol. The fraction of sp³-hybridized carbons (Fsp3) is 0.250. The van der Waals surface area contributed by atoms with Crippen LogP contribution in [-0.2, 0) is 4.79 Å². The van der Waals surface area contributed by atoms with E-state index in [0.717, 1.165) is 37.2 Å². The van der Waals surface area contributed by atoms with Crippen molar-refractivity contribution < 1.29 is 4.79 Å². The van der Waals surface area contributed by atoms with Crippen molar-refractivity contribution in [3.63, 3.8) is 0 Å². The Morgan fingerprint density at radius 3 is 2.29 bits per heavy atom. The summed E-state index contributed by atoms with van der Waals surface area (Å²) in [4.78, 5) is 19.8. The first-order valence-electron chi connectivity index (χ1n) is 9.81. The summed E-state index contributed by atoms with van der Waals surface area (Å²) in [5.74, 6) is 0.659. The minimum atomic E-state index is -0.393. The largest absolute Gasteiger partial charge is 0.341 e. The minimum Gasteiger partial charge on any atom is -0.341 e. The van der Waals surface area contributed by atoms with Gasteiger partial charge in [-0.05, 0) is 36.0 Å². The molecule has 1 saturated heterocycles. The summed E-state index contributed by atoms with van der Waals surface area (Å²) in [5.41, 5.74) is 3.13. The van der Waals surface area contributed by atoms with Crippen molar-refractivity contribution in [2.75, 3.05) is 13.1 Å². The summed E-state index contributed by atoms with van der Waals surface area (Å²) in [6.45, 7) is 5.34. The SMILES string of the molecule is C=Cc1cn(C(C(=O)N2CCC(c3ccccc3)CC2)c2ccccc2)cn1. The van der Waals surface area contributed by atoms with E-state index in [1.807, 2.05) is 46.0 Å². The van der Waals surface area contributed by atoms with Crippen molar-refractivity contribution in [3.8, 4) is 0 Å². The molecule has 0 saturated carbocycles. The van der Waals surface area contributed by atoms with Crippen LogP contribution in [0.15, 0.2) is 79.8 Å². The molecule has 0 spiro atoms. The zero-order valence-corrected chi connectivity index (χ0v) is 15.9. The molecule has 2 heterocycles. The Morgan fingerprint density at radius 2 is 1.68 bits per heavy atom. The van der Waals surface area contributed by atoms with Gasteiger partial charge in [0.1, 0.15) is 6.04 Å². The molecule has 4 nitrogen and oxygen atoms in total. The van der Waals surface area contributed by atoms with Crippen molar-refractivity contribution in [2.24, 2.45) is 0 Å². The normalized spacial score (nSPS) is 15.9. The molecule has 1 aliphatic rings. The fourth-order valence-corrected chi connectivity index (χ4v) is 4.01. The smallest absolute Gasteiger partial charge is 0.250 e. The zero-order chi connectivity index (χ0) is 19.3. The van der Waals surface area contributed by atoms with Crippen molar-refractivity contribution in [3.05, 3.63) is 96.6 Å². The monoisotopic (exact) mass is 371 g/mol. The number of aromatic nitrogens is 2. The van der Waals surface area contributed by atoms with Crippen LogP contribution < -0.4 is 0 Å². The molecule has 142 valence electrons. The maximum atomic E-state index is 13.5. The van der Waals surface area contributed by atoms with Crippen LogP contribution in [0.1, 0.15) is 41.6 Å². The average Bonchev–Trinajstić information content (AvgIpc) is 3.24. The predicted molar refractivity (Wildman–Crippen MR) is 112 cm³/mol. The second-order valence-electron chi connectivity index (χ2n) is 7.27. The highest BCUT2D eigenvalue weighted by molar-refractivity contribution is 5.84. The molecule has 0 aliphatic carbocycles. The van der Waals surface area contributed by atoms with Gasteiger partial charge in [-0.15, -0.1) is 0 Å². The number of carbonyl (C=O) groups excluding carboxylic acids is 1. The van der Waals surface area contributed by atoms with E-state index in [-0.39, 0.29) is 5.91 Å². The highest BCUT2D eigenvalue weighted by atomic mass is 16.2. The molecule has 1 fully saturated rings. The van der Waals surface area contributed by atoms with Gasteiger partial charge in [0.15, 0.2) is 0 Å². The first-order valence-corrected chi connectivity index (χ1v) is 9.81. The predicted octanol–water partition coefficient (Wildman–Crippen LogP) is 4.52. The number of hydrogen-bond acceptors (Lipinski definition) is 2. The second kappa shape index (κ2) is 8.26. The first kappa shape index (κ1) is 18.2. The van der Waals surface area contributed by atoms with Crippen molar-refractivity contribution in [1.82, 2.24) is 14.5 Å². The standard InChI is InChI=1S/C24H25N3O/c1-2-22-17-27(18-25-22)23(21-11-7-4-8-12-21)24(28)26-15-13-20(14-16-26)19-9-5-3-6-10-19/h2-12,17-18,20,23H,1,13-16H2. The maximum Gasteiger partial charge on any atom is 0.250 e. The van der Waals surface area contributed by atoms with Gasteiger partial charge in [-0.2, -0.15) is 0 Å². The maximum absolute atomic E-state index is 13.5. The lowest BCUT2D eigenvalue weighted by Crippen LogP contribution is -2.42. The molecule has 2 aromatic carbocycles. The number of rotatable bonds is 5. The third kappa shape index (κ3) is 3.77. The van der Waals surface area contributed by atoms with E-state index in [4.69, 9.17) is 0 Å². The number of hydrogen-bond donors (Lipinski definition) is 0. The zero-order valence-electron chi connectivity index (χ0n) is 15.9. The summed E-state index contributed by atoms with van der Waals surface area (Å²) in [6.07, 6.45) is 7.31. The van der Waals surface area contributed by atoms with Gasteiger partial charge in [-0.1, -0.05) is 67.2 Å². The van der Waals surface area contributed by atoms with Crippen LogP contribution >= 0.6 is 0 Å². The van der Waals surface area contributed by atoms with E-state index < -0.39 is 6.04 Å². The van der Waals surface area contributed by atoms with Crippen LogP contribution in [0.25, 0.3) is 6.08 Å². The number of carbonyl (C=O) groups is 1. The molecule has 1 atom stereocenters.